The second-order valence-electron chi connectivity index (χ2n) is 8.13. The Kier molecular flexibility index (Phi) is 6.83. The fourth-order valence-electron chi connectivity index (χ4n) is 3.73. The van der Waals surface area contributed by atoms with Crippen molar-refractivity contribution >= 4 is 21.6 Å². The maximum absolute atomic E-state index is 13.4. The number of aryl methyl sites for hydroxylation is 1. The maximum Gasteiger partial charge on any atom is 0.246 e. The Morgan fingerprint density at radius 3 is 2.63 bits per heavy atom. The van der Waals surface area contributed by atoms with Gasteiger partial charge < -0.3 is 10.1 Å². The van der Waals surface area contributed by atoms with Gasteiger partial charge in [-0.05, 0) is 61.1 Å². The number of nitrogens with zero attached hydrogens (tertiary/aromatic N) is 1. The summed E-state index contributed by atoms with van der Waals surface area (Å²) in [6, 6.07) is 12.9. The van der Waals surface area contributed by atoms with Crippen molar-refractivity contribution in [2.24, 2.45) is 5.92 Å². The molecule has 2 aromatic carbocycles. The molecule has 0 bridgehead atoms. The summed E-state index contributed by atoms with van der Waals surface area (Å²) in [5, 5.41) is 2.93. The van der Waals surface area contributed by atoms with E-state index in [0.717, 1.165) is 16.8 Å². The zero-order valence-corrected chi connectivity index (χ0v) is 18.8. The molecule has 1 saturated heterocycles. The van der Waals surface area contributed by atoms with Crippen molar-refractivity contribution in [1.82, 2.24) is 4.31 Å². The molecule has 0 aliphatic carbocycles. The fourth-order valence-corrected chi connectivity index (χ4v) is 5.45. The zero-order chi connectivity index (χ0) is 21.9. The minimum absolute atomic E-state index is 0.150. The second kappa shape index (κ2) is 9.18. The number of carbonyl (C=O) groups excluding carboxylic acids is 1. The molecule has 1 atom stereocenters. The molecule has 162 valence electrons. The average Bonchev–Trinajstić information content (AvgIpc) is 2.73. The van der Waals surface area contributed by atoms with Gasteiger partial charge in [0.1, 0.15) is 10.6 Å². The topological polar surface area (TPSA) is 75.7 Å². The highest BCUT2D eigenvalue weighted by molar-refractivity contribution is 7.89. The highest BCUT2D eigenvalue weighted by Gasteiger charge is 2.35. The fraction of sp³-hybridized carbons (Fsp3) is 0.435. The van der Waals surface area contributed by atoms with Crippen LogP contribution in [0.25, 0.3) is 0 Å². The minimum atomic E-state index is -3.78. The molecular formula is C23H30N2O4S. The molecular weight excluding hydrogens is 400 g/mol. The smallest absolute Gasteiger partial charge is 0.246 e. The van der Waals surface area contributed by atoms with Crippen molar-refractivity contribution in [1.29, 1.82) is 0 Å². The molecule has 6 nitrogen and oxygen atoms in total. The summed E-state index contributed by atoms with van der Waals surface area (Å²) in [6.45, 7) is 6.55. The highest BCUT2D eigenvalue weighted by atomic mass is 32.2. The van der Waals surface area contributed by atoms with Crippen LogP contribution in [0.3, 0.4) is 0 Å². The predicted molar refractivity (Wildman–Crippen MR) is 118 cm³/mol. The number of methoxy groups -OCH3 is 1. The van der Waals surface area contributed by atoms with Gasteiger partial charge in [-0.25, -0.2) is 8.42 Å². The molecule has 1 N–H and O–H groups in total. The van der Waals surface area contributed by atoms with Gasteiger partial charge in [0.25, 0.3) is 0 Å². The summed E-state index contributed by atoms with van der Waals surface area (Å²) in [6.07, 6.45) is 1.30. The van der Waals surface area contributed by atoms with E-state index in [1.165, 1.54) is 11.4 Å². The van der Waals surface area contributed by atoms with Gasteiger partial charge in [0.15, 0.2) is 0 Å². The highest BCUT2D eigenvalue weighted by Crippen LogP contribution is 2.32. The summed E-state index contributed by atoms with van der Waals surface area (Å²) in [4.78, 5) is 13.0. The lowest BCUT2D eigenvalue weighted by Crippen LogP contribution is -2.43. The molecule has 1 aliphatic rings. The lowest BCUT2D eigenvalue weighted by Gasteiger charge is -2.31. The van der Waals surface area contributed by atoms with Crippen LogP contribution in [0.15, 0.2) is 47.4 Å². The molecule has 1 heterocycles. The summed E-state index contributed by atoms with van der Waals surface area (Å²) in [5.74, 6) is -0.0264. The molecule has 1 amide bonds. The monoisotopic (exact) mass is 430 g/mol. The Labute approximate surface area is 179 Å². The van der Waals surface area contributed by atoms with Crippen LogP contribution in [-0.2, 0) is 14.8 Å². The first-order valence-electron chi connectivity index (χ1n) is 10.3. The van der Waals surface area contributed by atoms with Crippen LogP contribution in [0, 0.1) is 12.8 Å². The Hall–Kier alpha value is -2.38. The maximum atomic E-state index is 13.4. The van der Waals surface area contributed by atoms with Gasteiger partial charge in [-0.15, -0.1) is 0 Å². The second-order valence-corrected chi connectivity index (χ2v) is 10.0. The predicted octanol–water partition coefficient (Wildman–Crippen LogP) is 4.17. The molecule has 2 aromatic rings. The third kappa shape index (κ3) is 4.84. The van der Waals surface area contributed by atoms with Crippen molar-refractivity contribution in [3.05, 3.63) is 53.6 Å². The van der Waals surface area contributed by atoms with Crippen LogP contribution in [0.2, 0.25) is 0 Å². The molecule has 0 spiro atoms. The van der Waals surface area contributed by atoms with Crippen LogP contribution < -0.4 is 10.1 Å². The lowest BCUT2D eigenvalue weighted by molar-refractivity contribution is -0.120. The number of hydrogen-bond acceptors (Lipinski definition) is 4. The van der Waals surface area contributed by atoms with E-state index in [-0.39, 0.29) is 23.3 Å². The van der Waals surface area contributed by atoms with Gasteiger partial charge in [0.2, 0.25) is 15.9 Å². The number of rotatable bonds is 6. The molecule has 0 unspecified atom stereocenters. The quantitative estimate of drug-likeness (QED) is 0.746. The molecule has 0 radical (unpaired) electrons. The number of carbonyl (C=O) groups is 1. The number of nitrogens with one attached hydrogen (secondary N) is 1. The first-order valence-corrected chi connectivity index (χ1v) is 11.7. The molecule has 0 aromatic heterocycles. The number of sulfonamides is 1. The first kappa shape index (κ1) is 22.3. The van der Waals surface area contributed by atoms with Gasteiger partial charge in [0.05, 0.1) is 13.0 Å². The SMILES string of the molecule is COc1ccc(C(C)C)cc1S(=O)(=O)N1CCC[C@H](C(=O)Nc2cccc(C)c2)C1. The largest absolute Gasteiger partial charge is 0.495 e. The molecule has 1 aliphatic heterocycles. The van der Waals surface area contributed by atoms with Gasteiger partial charge in [-0.3, -0.25) is 4.79 Å². The van der Waals surface area contributed by atoms with Gasteiger partial charge in [0, 0.05) is 18.8 Å². The van der Waals surface area contributed by atoms with Gasteiger partial charge >= 0.3 is 0 Å². The number of hydrogen-bond donors (Lipinski definition) is 1. The summed E-state index contributed by atoms with van der Waals surface area (Å²) >= 11 is 0. The van der Waals surface area contributed by atoms with E-state index in [4.69, 9.17) is 4.74 Å². The molecule has 30 heavy (non-hydrogen) atoms. The number of ether oxygens (including phenoxy) is 1. The van der Waals surface area contributed by atoms with E-state index in [1.807, 2.05) is 51.1 Å². The standard InChI is InChI=1S/C23H30N2O4S/c1-16(2)18-10-11-21(29-4)22(14-18)30(27,28)25-12-6-8-19(15-25)23(26)24-20-9-5-7-17(3)13-20/h5,7,9-11,13-14,16,19H,6,8,12,15H2,1-4H3,(H,24,26)/t19-/m0/s1. The normalized spacial score (nSPS) is 17.7. The minimum Gasteiger partial charge on any atom is -0.495 e. The summed E-state index contributed by atoms with van der Waals surface area (Å²) < 4.78 is 33.6. The first-order chi connectivity index (χ1) is 14.2. The van der Waals surface area contributed by atoms with E-state index >= 15 is 0 Å². The molecule has 7 heteroatoms. The van der Waals surface area contributed by atoms with E-state index in [0.29, 0.717) is 25.1 Å². The Morgan fingerprint density at radius 1 is 1.20 bits per heavy atom. The van der Waals surface area contributed by atoms with Crippen molar-refractivity contribution in [2.45, 2.75) is 44.4 Å². The summed E-state index contributed by atoms with van der Waals surface area (Å²) in [5.41, 5.74) is 2.71. The molecule has 0 saturated carbocycles. The number of amides is 1. The van der Waals surface area contributed by atoms with Crippen LogP contribution in [0.5, 0.6) is 5.75 Å². The Morgan fingerprint density at radius 2 is 1.97 bits per heavy atom. The number of piperidine rings is 1. The van der Waals surface area contributed by atoms with E-state index in [9.17, 15) is 13.2 Å². The zero-order valence-electron chi connectivity index (χ0n) is 18.0. The number of anilines is 1. The van der Waals surface area contributed by atoms with Gasteiger partial charge in [-0.2, -0.15) is 4.31 Å². The summed E-state index contributed by atoms with van der Waals surface area (Å²) in [7, 11) is -2.31. The number of benzene rings is 2. The van der Waals surface area contributed by atoms with Crippen LogP contribution in [0.4, 0.5) is 5.69 Å². The van der Waals surface area contributed by atoms with E-state index in [2.05, 4.69) is 5.32 Å². The third-order valence-electron chi connectivity index (χ3n) is 5.51. The van der Waals surface area contributed by atoms with Crippen LogP contribution in [0.1, 0.15) is 43.7 Å². The van der Waals surface area contributed by atoms with Crippen molar-refractivity contribution < 1.29 is 17.9 Å². The lowest BCUT2D eigenvalue weighted by atomic mass is 9.98. The molecule has 3 rings (SSSR count). The van der Waals surface area contributed by atoms with Crippen molar-refractivity contribution in [3.8, 4) is 5.75 Å². The Bertz CT molecular complexity index is 1020. The van der Waals surface area contributed by atoms with Crippen LogP contribution in [-0.4, -0.2) is 38.8 Å². The van der Waals surface area contributed by atoms with Gasteiger partial charge in [-0.1, -0.05) is 32.0 Å². The van der Waals surface area contributed by atoms with Crippen LogP contribution >= 0.6 is 0 Å². The van der Waals surface area contributed by atoms with E-state index < -0.39 is 15.9 Å². The van der Waals surface area contributed by atoms with Crippen molar-refractivity contribution in [3.63, 3.8) is 0 Å². The average molecular weight is 431 g/mol. The Balaban J connectivity index is 1.82. The van der Waals surface area contributed by atoms with Crippen molar-refractivity contribution in [2.75, 3.05) is 25.5 Å². The molecule has 1 fully saturated rings. The van der Waals surface area contributed by atoms with E-state index in [1.54, 1.807) is 12.1 Å². The third-order valence-corrected chi connectivity index (χ3v) is 7.40.